The molecule has 0 fully saturated rings. The third-order valence-electron chi connectivity index (χ3n) is 2.93. The minimum Gasteiger partial charge on any atom is -0.441 e. The van der Waals surface area contributed by atoms with Crippen LogP contribution in [-0.4, -0.2) is 10.9 Å². The quantitative estimate of drug-likeness (QED) is 0.751. The first-order valence-corrected chi connectivity index (χ1v) is 6.96. The van der Waals surface area contributed by atoms with Crippen LogP contribution >= 0.6 is 15.9 Å². The van der Waals surface area contributed by atoms with Crippen LogP contribution in [0.1, 0.15) is 16.2 Å². The number of anilines is 1. The van der Waals surface area contributed by atoms with Crippen LogP contribution in [0.4, 0.5) is 10.1 Å². The number of nitrogens with zero attached hydrogens (tertiary/aromatic N) is 1. The van der Waals surface area contributed by atoms with Crippen LogP contribution in [0.5, 0.6) is 0 Å². The zero-order valence-electron chi connectivity index (χ0n) is 11.0. The summed E-state index contributed by atoms with van der Waals surface area (Å²) in [6.07, 6.45) is 0. The summed E-state index contributed by atoms with van der Waals surface area (Å²) in [6.45, 7) is 1.75. The summed E-state index contributed by atoms with van der Waals surface area (Å²) in [7, 11) is 0. The van der Waals surface area contributed by atoms with Gasteiger partial charge in [0.2, 0.25) is 0 Å². The maximum atomic E-state index is 13.7. The highest BCUT2D eigenvalue weighted by Crippen LogP contribution is 2.21. The summed E-state index contributed by atoms with van der Waals surface area (Å²) in [5.74, 6) is -0.549. The molecule has 3 aromatic rings. The number of benzene rings is 2. The molecule has 1 amide bonds. The van der Waals surface area contributed by atoms with Gasteiger partial charge in [-0.2, -0.15) is 0 Å². The van der Waals surface area contributed by atoms with Gasteiger partial charge in [0.15, 0.2) is 11.5 Å². The van der Waals surface area contributed by atoms with Crippen LogP contribution in [0.2, 0.25) is 0 Å². The van der Waals surface area contributed by atoms with E-state index < -0.39 is 11.7 Å². The van der Waals surface area contributed by atoms with E-state index in [9.17, 15) is 9.18 Å². The predicted octanol–water partition coefficient (Wildman–Crippen LogP) is 4.29. The van der Waals surface area contributed by atoms with Gasteiger partial charge < -0.3 is 9.73 Å². The summed E-state index contributed by atoms with van der Waals surface area (Å²) < 4.78 is 19.7. The molecular weight excluding hydrogens is 339 g/mol. The average Bonchev–Trinajstić information content (AvgIpc) is 2.77. The number of amides is 1. The van der Waals surface area contributed by atoms with E-state index in [0.29, 0.717) is 27.2 Å². The van der Waals surface area contributed by atoms with Crippen LogP contribution in [0.25, 0.3) is 11.1 Å². The first kappa shape index (κ1) is 13.8. The molecule has 0 aliphatic carbocycles. The van der Waals surface area contributed by atoms with Gasteiger partial charge in [0.05, 0.1) is 5.56 Å². The van der Waals surface area contributed by atoms with Crippen molar-refractivity contribution >= 4 is 38.6 Å². The summed E-state index contributed by atoms with van der Waals surface area (Å²) in [6, 6.07) is 9.36. The fourth-order valence-electron chi connectivity index (χ4n) is 1.99. The largest absolute Gasteiger partial charge is 0.441 e. The molecule has 6 heteroatoms. The van der Waals surface area contributed by atoms with Crippen molar-refractivity contribution in [2.45, 2.75) is 6.92 Å². The van der Waals surface area contributed by atoms with E-state index in [1.54, 1.807) is 31.2 Å². The van der Waals surface area contributed by atoms with Crippen molar-refractivity contribution in [3.8, 4) is 0 Å². The Balaban J connectivity index is 1.88. The molecular formula is C15H10BrFN2O2. The highest BCUT2D eigenvalue weighted by atomic mass is 79.9. The molecule has 4 nitrogen and oxygen atoms in total. The molecule has 0 saturated heterocycles. The van der Waals surface area contributed by atoms with Crippen molar-refractivity contribution < 1.29 is 13.6 Å². The van der Waals surface area contributed by atoms with Gasteiger partial charge in [-0.05, 0) is 36.4 Å². The molecule has 1 aromatic heterocycles. The number of fused-ring (bicyclic) bond motifs is 1. The molecule has 21 heavy (non-hydrogen) atoms. The Morgan fingerprint density at radius 1 is 1.29 bits per heavy atom. The van der Waals surface area contributed by atoms with Gasteiger partial charge in [0.25, 0.3) is 5.91 Å². The Morgan fingerprint density at radius 2 is 2.10 bits per heavy atom. The Hall–Kier alpha value is -2.21. The SMILES string of the molecule is Cc1nc2cc(NC(=O)c3ccc(Br)cc3F)ccc2o1. The van der Waals surface area contributed by atoms with E-state index in [0.717, 1.165) is 0 Å². The zero-order valence-corrected chi connectivity index (χ0v) is 12.6. The van der Waals surface area contributed by atoms with E-state index in [1.165, 1.54) is 12.1 Å². The molecule has 0 unspecified atom stereocenters. The van der Waals surface area contributed by atoms with E-state index in [-0.39, 0.29) is 5.56 Å². The summed E-state index contributed by atoms with van der Waals surface area (Å²) in [5, 5.41) is 2.64. The monoisotopic (exact) mass is 348 g/mol. The maximum Gasteiger partial charge on any atom is 0.258 e. The lowest BCUT2D eigenvalue weighted by Gasteiger charge is -2.06. The number of carbonyl (C=O) groups excluding carboxylic acids is 1. The second-order valence-corrected chi connectivity index (χ2v) is 5.41. The van der Waals surface area contributed by atoms with Crippen LogP contribution in [0.3, 0.4) is 0 Å². The smallest absolute Gasteiger partial charge is 0.258 e. The van der Waals surface area contributed by atoms with Gasteiger partial charge in [-0.15, -0.1) is 0 Å². The summed E-state index contributed by atoms with van der Waals surface area (Å²) >= 11 is 3.15. The Kier molecular flexibility index (Phi) is 3.47. The van der Waals surface area contributed by atoms with E-state index in [4.69, 9.17) is 4.42 Å². The predicted molar refractivity (Wildman–Crippen MR) is 80.8 cm³/mol. The molecule has 0 atom stereocenters. The van der Waals surface area contributed by atoms with E-state index >= 15 is 0 Å². The van der Waals surface area contributed by atoms with Gasteiger partial charge in [-0.1, -0.05) is 15.9 Å². The van der Waals surface area contributed by atoms with Crippen LogP contribution in [0.15, 0.2) is 45.3 Å². The highest BCUT2D eigenvalue weighted by Gasteiger charge is 2.13. The first-order chi connectivity index (χ1) is 10.0. The molecule has 3 rings (SSSR count). The van der Waals surface area contributed by atoms with Crippen LogP contribution in [0, 0.1) is 12.7 Å². The van der Waals surface area contributed by atoms with E-state index in [2.05, 4.69) is 26.2 Å². The van der Waals surface area contributed by atoms with Crippen molar-refractivity contribution in [1.29, 1.82) is 0 Å². The molecule has 0 spiro atoms. The van der Waals surface area contributed by atoms with Crippen LogP contribution < -0.4 is 5.32 Å². The van der Waals surface area contributed by atoms with Gasteiger partial charge in [0, 0.05) is 17.1 Å². The summed E-state index contributed by atoms with van der Waals surface area (Å²) in [5.41, 5.74) is 1.79. The average molecular weight is 349 g/mol. The lowest BCUT2D eigenvalue weighted by molar-refractivity contribution is 0.102. The lowest BCUT2D eigenvalue weighted by atomic mass is 10.2. The molecule has 0 radical (unpaired) electrons. The zero-order chi connectivity index (χ0) is 15.0. The molecule has 0 bridgehead atoms. The maximum absolute atomic E-state index is 13.7. The number of oxazole rings is 1. The fourth-order valence-corrected chi connectivity index (χ4v) is 2.33. The van der Waals surface area contributed by atoms with Crippen molar-refractivity contribution in [3.05, 3.63) is 58.1 Å². The number of hydrogen-bond donors (Lipinski definition) is 1. The number of rotatable bonds is 2. The third kappa shape index (κ3) is 2.80. The number of hydrogen-bond acceptors (Lipinski definition) is 3. The van der Waals surface area contributed by atoms with Gasteiger partial charge in [-0.3, -0.25) is 4.79 Å². The minimum absolute atomic E-state index is 0.0189. The van der Waals surface area contributed by atoms with Gasteiger partial charge in [-0.25, -0.2) is 9.37 Å². The third-order valence-corrected chi connectivity index (χ3v) is 3.42. The Morgan fingerprint density at radius 3 is 2.86 bits per heavy atom. The number of aryl methyl sites for hydroxylation is 1. The fraction of sp³-hybridized carbons (Fsp3) is 0.0667. The topological polar surface area (TPSA) is 55.1 Å². The van der Waals surface area contributed by atoms with Gasteiger partial charge >= 0.3 is 0 Å². The second-order valence-electron chi connectivity index (χ2n) is 4.49. The summed E-state index contributed by atoms with van der Waals surface area (Å²) in [4.78, 5) is 16.3. The Bertz CT molecular complexity index is 845. The Labute approximate surface area is 128 Å². The number of aromatic nitrogens is 1. The molecule has 1 N–H and O–H groups in total. The standard InChI is InChI=1S/C15H10BrFN2O2/c1-8-18-13-7-10(3-5-14(13)21-8)19-15(20)11-4-2-9(16)6-12(11)17/h2-7H,1H3,(H,19,20). The highest BCUT2D eigenvalue weighted by molar-refractivity contribution is 9.10. The lowest BCUT2D eigenvalue weighted by Crippen LogP contribution is -2.13. The minimum atomic E-state index is -0.583. The molecule has 0 aliphatic rings. The molecule has 106 valence electrons. The number of nitrogens with one attached hydrogen (secondary N) is 1. The van der Waals surface area contributed by atoms with Crippen molar-refractivity contribution in [1.82, 2.24) is 4.98 Å². The molecule has 1 heterocycles. The van der Waals surface area contributed by atoms with Crippen molar-refractivity contribution in [3.63, 3.8) is 0 Å². The number of halogens is 2. The normalized spacial score (nSPS) is 10.8. The number of carbonyl (C=O) groups is 1. The molecule has 0 aliphatic heterocycles. The molecule has 0 saturated carbocycles. The molecule has 2 aromatic carbocycles. The second kappa shape index (κ2) is 5.29. The van der Waals surface area contributed by atoms with Gasteiger partial charge in [0.1, 0.15) is 11.3 Å². The van der Waals surface area contributed by atoms with Crippen molar-refractivity contribution in [2.75, 3.05) is 5.32 Å². The van der Waals surface area contributed by atoms with Crippen LogP contribution in [-0.2, 0) is 0 Å². The van der Waals surface area contributed by atoms with Crippen molar-refractivity contribution in [2.24, 2.45) is 0 Å². The van der Waals surface area contributed by atoms with E-state index in [1.807, 2.05) is 0 Å². The first-order valence-electron chi connectivity index (χ1n) is 6.16.